The van der Waals surface area contributed by atoms with E-state index in [0.29, 0.717) is 16.3 Å². The average Bonchev–Trinajstić information content (AvgIpc) is 3.33. The van der Waals surface area contributed by atoms with Crippen LogP contribution in [0.5, 0.6) is 0 Å². The topological polar surface area (TPSA) is 89.8 Å². The largest absolute Gasteiger partial charge is 0.318 e. The molecule has 4 rings (SSSR count). The van der Waals surface area contributed by atoms with Crippen LogP contribution >= 0.6 is 11.3 Å². The number of rotatable bonds is 5. The summed E-state index contributed by atoms with van der Waals surface area (Å²) in [5, 5.41) is 11.5. The van der Waals surface area contributed by atoms with Crippen molar-refractivity contribution >= 4 is 28.2 Å². The van der Waals surface area contributed by atoms with Crippen molar-refractivity contribution in [2.24, 2.45) is 0 Å². The van der Waals surface area contributed by atoms with Crippen molar-refractivity contribution in [2.45, 2.75) is 20.8 Å². The number of carbonyl (C=O) groups excluding carboxylic acids is 2. The Balaban J connectivity index is 1.55. The number of anilines is 1. The molecular weight excluding hydrogens is 398 g/mol. The number of nitrogens with one attached hydrogen (secondary N) is 1. The van der Waals surface area contributed by atoms with Gasteiger partial charge in [0.15, 0.2) is 0 Å². The lowest BCUT2D eigenvalue weighted by molar-refractivity contribution is -0.112. The molecule has 3 heterocycles. The highest BCUT2D eigenvalue weighted by molar-refractivity contribution is 7.18. The SMILES string of the molecule is Cc1ccc(-n2c(C)cc(C(=O)C(=O)Nc3nnc(-c4ccncc4)s3)c2C)cc1. The van der Waals surface area contributed by atoms with Crippen molar-refractivity contribution in [1.29, 1.82) is 0 Å². The third-order valence-electron chi connectivity index (χ3n) is 4.75. The maximum atomic E-state index is 12.8. The first-order valence-corrected chi connectivity index (χ1v) is 10.1. The average molecular weight is 417 g/mol. The van der Waals surface area contributed by atoms with Gasteiger partial charge in [-0.05, 0) is 51.1 Å². The molecule has 1 aromatic carbocycles. The van der Waals surface area contributed by atoms with Crippen molar-refractivity contribution in [3.8, 4) is 16.3 Å². The number of pyridine rings is 1. The Labute approximate surface area is 177 Å². The van der Waals surface area contributed by atoms with Crippen LogP contribution in [0.1, 0.15) is 27.3 Å². The second kappa shape index (κ2) is 8.00. The minimum atomic E-state index is -0.739. The zero-order chi connectivity index (χ0) is 21.3. The van der Waals surface area contributed by atoms with E-state index in [1.54, 1.807) is 30.6 Å². The highest BCUT2D eigenvalue weighted by Gasteiger charge is 2.24. The van der Waals surface area contributed by atoms with Gasteiger partial charge in [0.25, 0.3) is 11.7 Å². The fourth-order valence-corrected chi connectivity index (χ4v) is 3.99. The lowest BCUT2D eigenvalue weighted by atomic mass is 10.1. The van der Waals surface area contributed by atoms with Gasteiger partial charge in [0.05, 0.1) is 0 Å². The van der Waals surface area contributed by atoms with Crippen LogP contribution in [0.2, 0.25) is 0 Å². The van der Waals surface area contributed by atoms with E-state index in [1.807, 2.05) is 49.6 Å². The molecule has 0 aliphatic carbocycles. The van der Waals surface area contributed by atoms with Gasteiger partial charge in [0.2, 0.25) is 5.13 Å². The van der Waals surface area contributed by atoms with Gasteiger partial charge in [0.1, 0.15) is 5.01 Å². The third-order valence-corrected chi connectivity index (χ3v) is 5.63. The van der Waals surface area contributed by atoms with E-state index >= 15 is 0 Å². The van der Waals surface area contributed by atoms with Crippen LogP contribution in [0.15, 0.2) is 54.9 Å². The Morgan fingerprint density at radius 1 is 0.967 bits per heavy atom. The Morgan fingerprint density at radius 2 is 1.67 bits per heavy atom. The molecule has 0 spiro atoms. The molecule has 0 radical (unpaired) electrons. The number of nitrogens with zero attached hydrogens (tertiary/aromatic N) is 4. The van der Waals surface area contributed by atoms with Gasteiger partial charge >= 0.3 is 0 Å². The fourth-order valence-electron chi connectivity index (χ4n) is 3.24. The zero-order valence-electron chi connectivity index (χ0n) is 16.7. The van der Waals surface area contributed by atoms with E-state index < -0.39 is 11.7 Å². The van der Waals surface area contributed by atoms with Crippen LogP contribution in [-0.2, 0) is 4.79 Å². The van der Waals surface area contributed by atoms with E-state index in [9.17, 15) is 9.59 Å². The molecule has 3 aromatic heterocycles. The Bertz CT molecular complexity index is 1230. The summed E-state index contributed by atoms with van der Waals surface area (Å²) in [7, 11) is 0. The maximum absolute atomic E-state index is 12.8. The number of ketones is 1. The number of amides is 1. The van der Waals surface area contributed by atoms with Gasteiger partial charge in [-0.2, -0.15) is 0 Å². The van der Waals surface area contributed by atoms with Crippen molar-refractivity contribution in [1.82, 2.24) is 19.7 Å². The molecule has 4 aromatic rings. The predicted molar refractivity (Wildman–Crippen MR) is 116 cm³/mol. The molecule has 0 fully saturated rings. The molecule has 0 saturated carbocycles. The number of Topliss-reactive ketones (excluding diaryl/α,β-unsaturated/α-hetero) is 1. The Morgan fingerprint density at radius 3 is 2.37 bits per heavy atom. The second-order valence-electron chi connectivity index (χ2n) is 6.89. The van der Waals surface area contributed by atoms with Gasteiger partial charge in [-0.25, -0.2) is 0 Å². The summed E-state index contributed by atoms with van der Waals surface area (Å²) < 4.78 is 1.96. The van der Waals surface area contributed by atoms with Gasteiger partial charge in [0, 0.05) is 40.6 Å². The summed E-state index contributed by atoms with van der Waals surface area (Å²) in [6, 6.07) is 13.3. The Hall–Kier alpha value is -3.65. The summed E-state index contributed by atoms with van der Waals surface area (Å²) in [6.07, 6.45) is 3.31. The van der Waals surface area contributed by atoms with Crippen molar-refractivity contribution in [2.75, 3.05) is 5.32 Å². The molecule has 0 unspecified atom stereocenters. The van der Waals surface area contributed by atoms with E-state index in [4.69, 9.17) is 0 Å². The molecule has 30 heavy (non-hydrogen) atoms. The molecule has 1 N–H and O–H groups in total. The number of aryl methyl sites for hydroxylation is 2. The lowest BCUT2D eigenvalue weighted by Crippen LogP contribution is -2.23. The van der Waals surface area contributed by atoms with E-state index in [2.05, 4.69) is 20.5 Å². The number of carbonyl (C=O) groups is 2. The molecular formula is C22H19N5O2S. The first-order chi connectivity index (χ1) is 14.4. The smallest absolute Gasteiger partial charge is 0.298 e. The minimum Gasteiger partial charge on any atom is -0.318 e. The molecule has 1 amide bonds. The van der Waals surface area contributed by atoms with Crippen LogP contribution in [0.25, 0.3) is 16.3 Å². The predicted octanol–water partition coefficient (Wildman–Crippen LogP) is 4.14. The number of hydrogen-bond donors (Lipinski definition) is 1. The van der Waals surface area contributed by atoms with Gasteiger partial charge in [-0.3, -0.25) is 19.9 Å². The maximum Gasteiger partial charge on any atom is 0.298 e. The van der Waals surface area contributed by atoms with Crippen LogP contribution < -0.4 is 5.32 Å². The molecule has 0 atom stereocenters. The second-order valence-corrected chi connectivity index (χ2v) is 7.86. The van der Waals surface area contributed by atoms with E-state index in [1.165, 1.54) is 11.3 Å². The molecule has 150 valence electrons. The van der Waals surface area contributed by atoms with Crippen molar-refractivity contribution < 1.29 is 9.59 Å². The van der Waals surface area contributed by atoms with Crippen molar-refractivity contribution in [3.63, 3.8) is 0 Å². The Kier molecular flexibility index (Phi) is 5.24. The minimum absolute atomic E-state index is 0.271. The number of aromatic nitrogens is 4. The first kappa shape index (κ1) is 19.7. The third kappa shape index (κ3) is 3.77. The van der Waals surface area contributed by atoms with Gasteiger partial charge in [-0.1, -0.05) is 29.0 Å². The summed E-state index contributed by atoms with van der Waals surface area (Å²) in [6.45, 7) is 5.76. The quantitative estimate of drug-likeness (QED) is 0.389. The standard InChI is InChI=1S/C22H19N5O2S/c1-13-4-6-17(7-5-13)27-14(2)12-18(15(27)3)19(28)20(29)24-22-26-25-21(30-22)16-8-10-23-11-9-16/h4-12H,1-3H3,(H,24,26,29). The van der Waals surface area contributed by atoms with Gasteiger partial charge in [-0.15, -0.1) is 10.2 Å². The molecule has 0 aliphatic heterocycles. The monoisotopic (exact) mass is 417 g/mol. The highest BCUT2D eigenvalue weighted by Crippen LogP contribution is 2.26. The van der Waals surface area contributed by atoms with Crippen LogP contribution in [0, 0.1) is 20.8 Å². The number of hydrogen-bond acceptors (Lipinski definition) is 6. The fraction of sp³-hybridized carbons (Fsp3) is 0.136. The molecule has 0 saturated heterocycles. The number of benzene rings is 1. The first-order valence-electron chi connectivity index (χ1n) is 9.29. The van der Waals surface area contributed by atoms with Crippen LogP contribution in [0.4, 0.5) is 5.13 Å². The highest BCUT2D eigenvalue weighted by atomic mass is 32.1. The molecule has 7 nitrogen and oxygen atoms in total. The van der Waals surface area contributed by atoms with Crippen LogP contribution in [0.3, 0.4) is 0 Å². The van der Waals surface area contributed by atoms with E-state index in [-0.39, 0.29) is 5.13 Å². The molecule has 8 heteroatoms. The summed E-state index contributed by atoms with van der Waals surface area (Å²) >= 11 is 1.20. The normalized spacial score (nSPS) is 10.8. The zero-order valence-corrected chi connectivity index (χ0v) is 17.5. The van der Waals surface area contributed by atoms with E-state index in [0.717, 1.165) is 22.5 Å². The molecule has 0 bridgehead atoms. The summed E-state index contributed by atoms with van der Waals surface area (Å²) in [5.41, 5.74) is 4.90. The summed E-state index contributed by atoms with van der Waals surface area (Å²) in [5.74, 6) is -1.35. The summed E-state index contributed by atoms with van der Waals surface area (Å²) in [4.78, 5) is 29.4. The van der Waals surface area contributed by atoms with Crippen LogP contribution in [-0.4, -0.2) is 31.4 Å². The molecule has 0 aliphatic rings. The van der Waals surface area contributed by atoms with Gasteiger partial charge < -0.3 is 4.57 Å². The lowest BCUT2D eigenvalue weighted by Gasteiger charge is -2.10. The van der Waals surface area contributed by atoms with Crippen molar-refractivity contribution in [3.05, 3.63) is 77.4 Å².